The molecule has 94 valence electrons. The molecule has 0 bridgehead atoms. The van der Waals surface area contributed by atoms with Crippen LogP contribution < -0.4 is 11.1 Å². The van der Waals surface area contributed by atoms with Gasteiger partial charge in [-0.15, -0.1) is 0 Å². The summed E-state index contributed by atoms with van der Waals surface area (Å²) in [5.41, 5.74) is 5.30. The average molecular weight is 238 g/mol. The van der Waals surface area contributed by atoms with E-state index in [0.717, 1.165) is 0 Å². The van der Waals surface area contributed by atoms with Gasteiger partial charge in [-0.1, -0.05) is 13.8 Å². The van der Waals surface area contributed by atoms with Crippen LogP contribution in [0.3, 0.4) is 0 Å². The Morgan fingerprint density at radius 2 is 1.94 bits per heavy atom. The fourth-order valence-corrected chi connectivity index (χ4v) is 1.88. The second kappa shape index (κ2) is 5.17. The molecule has 17 heavy (non-hydrogen) atoms. The maximum atomic E-state index is 12.8. The first-order valence-corrected chi connectivity index (χ1v) is 5.67. The number of nitrogens with one attached hydrogen (secondary N) is 1. The van der Waals surface area contributed by atoms with E-state index < -0.39 is 11.4 Å². The van der Waals surface area contributed by atoms with Crippen LogP contribution in [-0.2, 0) is 4.79 Å². The Hall–Kier alpha value is -1.58. The van der Waals surface area contributed by atoms with Crippen LogP contribution in [0.4, 0.5) is 10.1 Å². The highest BCUT2D eigenvalue weighted by atomic mass is 19.1. The zero-order valence-electron chi connectivity index (χ0n) is 10.5. The smallest absolute Gasteiger partial charge is 0.242 e. The molecular weight excluding hydrogens is 219 g/mol. The van der Waals surface area contributed by atoms with E-state index in [1.807, 2.05) is 13.8 Å². The highest BCUT2D eigenvalue weighted by molar-refractivity contribution is 5.87. The Balaban J connectivity index is 2.86. The van der Waals surface area contributed by atoms with Gasteiger partial charge in [0, 0.05) is 5.69 Å². The maximum Gasteiger partial charge on any atom is 0.242 e. The summed E-state index contributed by atoms with van der Waals surface area (Å²) >= 11 is 0. The fourth-order valence-electron chi connectivity index (χ4n) is 1.88. The van der Waals surface area contributed by atoms with E-state index in [2.05, 4.69) is 5.32 Å². The normalized spacial score (nSPS) is 14.4. The van der Waals surface area contributed by atoms with Crippen LogP contribution >= 0.6 is 0 Å². The highest BCUT2D eigenvalue weighted by Gasteiger charge is 2.31. The van der Waals surface area contributed by atoms with Gasteiger partial charge in [-0.3, -0.25) is 4.79 Å². The molecule has 0 saturated carbocycles. The lowest BCUT2D eigenvalue weighted by molar-refractivity contribution is -0.122. The molecule has 1 rings (SSSR count). The van der Waals surface area contributed by atoms with Gasteiger partial charge in [-0.2, -0.15) is 0 Å². The number of halogens is 1. The Labute approximate surface area is 101 Å². The van der Waals surface area contributed by atoms with Crippen molar-refractivity contribution in [1.82, 2.24) is 0 Å². The summed E-state index contributed by atoms with van der Waals surface area (Å²) in [6.45, 7) is 5.81. The standard InChI is InChI=1S/C13H19FN2O/c1-9(2)8-13(3,12(15)17)16-11-6-4-10(14)5-7-11/h4-7,9,16H,8H2,1-3H3,(H2,15,17). The van der Waals surface area contributed by atoms with E-state index in [-0.39, 0.29) is 5.82 Å². The molecule has 3 nitrogen and oxygen atoms in total. The second-order valence-corrected chi connectivity index (χ2v) is 4.93. The Bertz CT molecular complexity index is 389. The molecule has 0 fully saturated rings. The monoisotopic (exact) mass is 238 g/mol. The van der Waals surface area contributed by atoms with Crippen molar-refractivity contribution in [2.24, 2.45) is 11.7 Å². The first-order valence-electron chi connectivity index (χ1n) is 5.67. The summed E-state index contributed by atoms with van der Waals surface area (Å²) < 4.78 is 12.8. The number of benzene rings is 1. The van der Waals surface area contributed by atoms with Crippen LogP contribution in [0, 0.1) is 11.7 Å². The SMILES string of the molecule is CC(C)CC(C)(Nc1ccc(F)cc1)C(N)=O. The molecule has 0 radical (unpaired) electrons. The third-order valence-corrected chi connectivity index (χ3v) is 2.62. The lowest BCUT2D eigenvalue weighted by Gasteiger charge is -2.30. The maximum absolute atomic E-state index is 12.8. The van der Waals surface area contributed by atoms with Crippen LogP contribution in [-0.4, -0.2) is 11.4 Å². The van der Waals surface area contributed by atoms with Crippen molar-refractivity contribution in [1.29, 1.82) is 0 Å². The first kappa shape index (κ1) is 13.5. The third kappa shape index (κ3) is 3.73. The Morgan fingerprint density at radius 1 is 1.41 bits per heavy atom. The van der Waals surface area contributed by atoms with Gasteiger partial charge in [0.25, 0.3) is 0 Å². The molecular formula is C13H19FN2O. The molecule has 3 N–H and O–H groups in total. The number of hydrogen-bond acceptors (Lipinski definition) is 2. The summed E-state index contributed by atoms with van der Waals surface area (Å²) in [4.78, 5) is 11.5. The van der Waals surface area contributed by atoms with Crippen molar-refractivity contribution in [3.05, 3.63) is 30.1 Å². The number of amides is 1. The molecule has 0 heterocycles. The number of anilines is 1. The van der Waals surface area contributed by atoms with E-state index in [4.69, 9.17) is 5.73 Å². The van der Waals surface area contributed by atoms with Crippen molar-refractivity contribution in [3.63, 3.8) is 0 Å². The van der Waals surface area contributed by atoms with Gasteiger partial charge in [0.15, 0.2) is 0 Å². The van der Waals surface area contributed by atoms with Crippen LogP contribution in [0.25, 0.3) is 0 Å². The second-order valence-electron chi connectivity index (χ2n) is 4.93. The van der Waals surface area contributed by atoms with Crippen LogP contribution in [0.5, 0.6) is 0 Å². The van der Waals surface area contributed by atoms with E-state index in [9.17, 15) is 9.18 Å². The minimum absolute atomic E-state index is 0.305. The molecule has 0 aliphatic carbocycles. The summed E-state index contributed by atoms with van der Waals surface area (Å²) in [5, 5.41) is 3.07. The molecule has 1 unspecified atom stereocenters. The Morgan fingerprint density at radius 3 is 2.35 bits per heavy atom. The van der Waals surface area contributed by atoms with Crippen LogP contribution in [0.15, 0.2) is 24.3 Å². The van der Waals surface area contributed by atoms with Crippen molar-refractivity contribution in [3.8, 4) is 0 Å². The topological polar surface area (TPSA) is 55.1 Å². The Kier molecular flexibility index (Phi) is 4.10. The minimum atomic E-state index is -0.813. The molecule has 0 aliphatic rings. The quantitative estimate of drug-likeness (QED) is 0.828. The van der Waals surface area contributed by atoms with Crippen molar-refractivity contribution in [2.45, 2.75) is 32.7 Å². The van der Waals surface area contributed by atoms with Crippen molar-refractivity contribution < 1.29 is 9.18 Å². The number of carbonyl (C=O) groups is 1. The van der Waals surface area contributed by atoms with Crippen molar-refractivity contribution >= 4 is 11.6 Å². The van der Waals surface area contributed by atoms with Gasteiger partial charge in [0.05, 0.1) is 0 Å². The zero-order chi connectivity index (χ0) is 13.1. The largest absolute Gasteiger partial charge is 0.371 e. The van der Waals surface area contributed by atoms with E-state index >= 15 is 0 Å². The van der Waals surface area contributed by atoms with Gasteiger partial charge in [-0.25, -0.2) is 4.39 Å². The van der Waals surface area contributed by atoms with E-state index in [1.54, 1.807) is 19.1 Å². The molecule has 4 heteroatoms. The van der Waals surface area contributed by atoms with E-state index in [0.29, 0.717) is 18.0 Å². The predicted octanol–water partition coefficient (Wildman–Crippen LogP) is 2.53. The van der Waals surface area contributed by atoms with Gasteiger partial charge >= 0.3 is 0 Å². The lowest BCUT2D eigenvalue weighted by atomic mass is 9.89. The van der Waals surface area contributed by atoms with Crippen molar-refractivity contribution in [2.75, 3.05) is 5.32 Å². The predicted molar refractivity (Wildman–Crippen MR) is 67.1 cm³/mol. The van der Waals surface area contributed by atoms with E-state index in [1.165, 1.54) is 12.1 Å². The number of hydrogen-bond donors (Lipinski definition) is 2. The van der Waals surface area contributed by atoms with Gasteiger partial charge in [0.1, 0.15) is 11.4 Å². The van der Waals surface area contributed by atoms with Crippen LogP contribution in [0.1, 0.15) is 27.2 Å². The number of primary amides is 1. The minimum Gasteiger partial charge on any atom is -0.371 e. The van der Waals surface area contributed by atoms with Gasteiger partial charge in [0.2, 0.25) is 5.91 Å². The van der Waals surface area contributed by atoms with Gasteiger partial charge in [-0.05, 0) is 43.5 Å². The summed E-state index contributed by atoms with van der Waals surface area (Å²) in [5.74, 6) is -0.379. The van der Waals surface area contributed by atoms with Gasteiger partial charge < -0.3 is 11.1 Å². The average Bonchev–Trinajstić information content (AvgIpc) is 2.20. The number of carbonyl (C=O) groups excluding carboxylic acids is 1. The molecule has 1 aromatic carbocycles. The molecule has 1 amide bonds. The highest BCUT2D eigenvalue weighted by Crippen LogP contribution is 2.22. The zero-order valence-corrected chi connectivity index (χ0v) is 10.5. The molecule has 0 saturated heterocycles. The fraction of sp³-hybridized carbons (Fsp3) is 0.462. The number of nitrogens with two attached hydrogens (primary N) is 1. The molecule has 0 aromatic heterocycles. The summed E-state index contributed by atoms with van der Waals surface area (Å²) in [6, 6.07) is 5.88. The first-order chi connectivity index (χ1) is 7.83. The number of rotatable bonds is 5. The lowest BCUT2D eigenvalue weighted by Crippen LogP contribution is -2.48. The summed E-state index contributed by atoms with van der Waals surface area (Å²) in [6.07, 6.45) is 0.625. The molecule has 1 atom stereocenters. The van der Waals surface area contributed by atoms with Crippen LogP contribution in [0.2, 0.25) is 0 Å². The molecule has 0 spiro atoms. The molecule has 1 aromatic rings. The third-order valence-electron chi connectivity index (χ3n) is 2.62. The summed E-state index contributed by atoms with van der Waals surface area (Å²) in [7, 11) is 0. The molecule has 0 aliphatic heterocycles.